The van der Waals surface area contributed by atoms with Gasteiger partial charge in [-0.1, -0.05) is 0 Å². The number of nitrogen functional groups attached to an aromatic ring is 1. The number of nitrogens with one attached hydrogen (secondary N) is 1. The number of anilines is 2. The normalized spacial score (nSPS) is 16.4. The minimum absolute atomic E-state index is 0.260. The molecule has 1 aromatic rings. The molecule has 0 aromatic heterocycles. The summed E-state index contributed by atoms with van der Waals surface area (Å²) in [7, 11) is -2.00. The van der Waals surface area contributed by atoms with Crippen LogP contribution in [0, 0.1) is 0 Å². The van der Waals surface area contributed by atoms with Crippen molar-refractivity contribution in [3.8, 4) is 0 Å². The van der Waals surface area contributed by atoms with E-state index in [1.165, 1.54) is 13.1 Å². The molecule has 0 saturated carbocycles. The van der Waals surface area contributed by atoms with Gasteiger partial charge in [0.15, 0.2) is 0 Å². The second kappa shape index (κ2) is 4.54. The van der Waals surface area contributed by atoms with Crippen molar-refractivity contribution in [3.63, 3.8) is 0 Å². The van der Waals surface area contributed by atoms with Crippen molar-refractivity contribution >= 4 is 21.4 Å². The number of nitrogens with two attached hydrogens (primary N) is 1. The van der Waals surface area contributed by atoms with Crippen LogP contribution < -0.4 is 15.4 Å². The lowest BCUT2D eigenvalue weighted by atomic mass is 10.2. The minimum atomic E-state index is -3.40. The molecule has 1 heterocycles. The largest absolute Gasteiger partial charge is 0.397 e. The van der Waals surface area contributed by atoms with Crippen LogP contribution in [0.1, 0.15) is 12.8 Å². The van der Waals surface area contributed by atoms with Crippen molar-refractivity contribution in [1.82, 2.24) is 4.72 Å². The summed E-state index contributed by atoms with van der Waals surface area (Å²) >= 11 is 0. The zero-order chi connectivity index (χ0) is 12.5. The van der Waals surface area contributed by atoms with Gasteiger partial charge in [0.2, 0.25) is 10.0 Å². The quantitative estimate of drug-likeness (QED) is 0.783. The number of rotatable bonds is 3. The molecule has 1 fully saturated rings. The standard InChI is InChI=1S/C11H17N3O2S/c1-13-17(15,16)9-4-5-10(12)11(8-9)14-6-2-3-7-14/h4-5,8,13H,2-3,6-7,12H2,1H3. The van der Waals surface area contributed by atoms with Crippen molar-refractivity contribution < 1.29 is 8.42 Å². The Bertz CT molecular complexity index is 507. The van der Waals surface area contributed by atoms with Crippen molar-refractivity contribution in [3.05, 3.63) is 18.2 Å². The maximum absolute atomic E-state index is 11.7. The highest BCUT2D eigenvalue weighted by Gasteiger charge is 2.18. The van der Waals surface area contributed by atoms with E-state index in [0.29, 0.717) is 5.69 Å². The van der Waals surface area contributed by atoms with Crippen LogP contribution in [0.4, 0.5) is 11.4 Å². The fourth-order valence-corrected chi connectivity index (χ4v) is 2.79. The molecule has 6 heteroatoms. The summed E-state index contributed by atoms with van der Waals surface area (Å²) in [6.45, 7) is 1.88. The molecule has 3 N–H and O–H groups in total. The third kappa shape index (κ3) is 2.37. The van der Waals surface area contributed by atoms with Crippen LogP contribution in [-0.4, -0.2) is 28.6 Å². The lowest BCUT2D eigenvalue weighted by molar-refractivity contribution is 0.588. The van der Waals surface area contributed by atoms with Gasteiger partial charge in [0.1, 0.15) is 0 Å². The molecule has 0 atom stereocenters. The summed E-state index contributed by atoms with van der Waals surface area (Å²) < 4.78 is 25.7. The monoisotopic (exact) mass is 255 g/mol. The summed E-state index contributed by atoms with van der Waals surface area (Å²) in [5, 5.41) is 0. The molecule has 1 aliphatic rings. The molecule has 0 bridgehead atoms. The molecule has 0 amide bonds. The van der Waals surface area contributed by atoms with Gasteiger partial charge >= 0.3 is 0 Å². The van der Waals surface area contributed by atoms with Crippen molar-refractivity contribution in [1.29, 1.82) is 0 Å². The summed E-state index contributed by atoms with van der Waals surface area (Å²) in [5.74, 6) is 0. The summed E-state index contributed by atoms with van der Waals surface area (Å²) in [4.78, 5) is 2.39. The Balaban J connectivity index is 2.42. The van der Waals surface area contributed by atoms with E-state index >= 15 is 0 Å². The Morgan fingerprint density at radius 3 is 2.53 bits per heavy atom. The molecule has 0 aliphatic carbocycles. The predicted octanol–water partition coefficient (Wildman–Crippen LogP) is 0.777. The average molecular weight is 255 g/mol. The molecule has 1 saturated heterocycles. The van der Waals surface area contributed by atoms with Gasteiger partial charge in [-0.3, -0.25) is 0 Å². The van der Waals surface area contributed by atoms with Gasteiger partial charge in [0, 0.05) is 13.1 Å². The lowest BCUT2D eigenvalue weighted by Gasteiger charge is -2.20. The summed E-state index contributed by atoms with van der Waals surface area (Å²) in [5.41, 5.74) is 7.34. The number of sulfonamides is 1. The van der Waals surface area contributed by atoms with Crippen LogP contribution in [0.25, 0.3) is 0 Å². The Morgan fingerprint density at radius 2 is 1.94 bits per heavy atom. The van der Waals surface area contributed by atoms with Gasteiger partial charge in [-0.05, 0) is 38.1 Å². The SMILES string of the molecule is CNS(=O)(=O)c1ccc(N)c(N2CCCC2)c1. The molecule has 0 radical (unpaired) electrons. The Kier molecular flexibility index (Phi) is 3.26. The van der Waals surface area contributed by atoms with E-state index in [1.54, 1.807) is 12.1 Å². The zero-order valence-electron chi connectivity index (χ0n) is 9.81. The smallest absolute Gasteiger partial charge is 0.240 e. The van der Waals surface area contributed by atoms with Crippen LogP contribution >= 0.6 is 0 Å². The topological polar surface area (TPSA) is 75.4 Å². The first-order chi connectivity index (χ1) is 8.04. The van der Waals surface area contributed by atoms with Crippen LogP contribution in [0.2, 0.25) is 0 Å². The molecule has 94 valence electrons. The van der Waals surface area contributed by atoms with Crippen LogP contribution in [0.15, 0.2) is 23.1 Å². The van der Waals surface area contributed by atoms with Gasteiger partial charge in [-0.15, -0.1) is 0 Å². The van der Waals surface area contributed by atoms with E-state index in [1.807, 2.05) is 0 Å². The van der Waals surface area contributed by atoms with E-state index in [2.05, 4.69) is 9.62 Å². The van der Waals surface area contributed by atoms with Gasteiger partial charge in [-0.2, -0.15) is 0 Å². The van der Waals surface area contributed by atoms with E-state index < -0.39 is 10.0 Å². The third-order valence-electron chi connectivity index (χ3n) is 3.03. The van der Waals surface area contributed by atoms with Gasteiger partial charge in [0.05, 0.1) is 16.3 Å². The second-order valence-electron chi connectivity index (χ2n) is 4.12. The Labute approximate surface area is 102 Å². The number of hydrogen-bond donors (Lipinski definition) is 2. The maximum Gasteiger partial charge on any atom is 0.240 e. The first kappa shape index (κ1) is 12.2. The highest BCUT2D eigenvalue weighted by molar-refractivity contribution is 7.89. The third-order valence-corrected chi connectivity index (χ3v) is 4.44. The fraction of sp³-hybridized carbons (Fsp3) is 0.455. The first-order valence-corrected chi connectivity index (χ1v) is 7.11. The van der Waals surface area contributed by atoms with Crippen molar-refractivity contribution in [2.24, 2.45) is 0 Å². The number of nitrogens with zero attached hydrogens (tertiary/aromatic N) is 1. The molecule has 0 unspecified atom stereocenters. The predicted molar refractivity (Wildman–Crippen MR) is 68.5 cm³/mol. The van der Waals surface area contributed by atoms with Gasteiger partial charge in [-0.25, -0.2) is 13.1 Å². The Hall–Kier alpha value is -1.27. The minimum Gasteiger partial charge on any atom is -0.397 e. The summed E-state index contributed by atoms with van der Waals surface area (Å²) in [6, 6.07) is 4.82. The van der Waals surface area contributed by atoms with E-state index in [9.17, 15) is 8.42 Å². The molecule has 1 aromatic carbocycles. The highest BCUT2D eigenvalue weighted by Crippen LogP contribution is 2.29. The van der Waals surface area contributed by atoms with Crippen LogP contribution in [0.3, 0.4) is 0 Å². The lowest BCUT2D eigenvalue weighted by Crippen LogP contribution is -2.22. The first-order valence-electron chi connectivity index (χ1n) is 5.62. The molecular formula is C11H17N3O2S. The van der Waals surface area contributed by atoms with Gasteiger partial charge in [0.25, 0.3) is 0 Å². The fourth-order valence-electron chi connectivity index (χ4n) is 2.04. The Morgan fingerprint density at radius 1 is 1.29 bits per heavy atom. The van der Waals surface area contributed by atoms with E-state index in [-0.39, 0.29) is 4.90 Å². The molecule has 1 aliphatic heterocycles. The highest BCUT2D eigenvalue weighted by atomic mass is 32.2. The van der Waals surface area contributed by atoms with E-state index in [0.717, 1.165) is 31.6 Å². The number of benzene rings is 1. The van der Waals surface area contributed by atoms with Gasteiger partial charge < -0.3 is 10.6 Å². The van der Waals surface area contributed by atoms with Crippen molar-refractivity contribution in [2.45, 2.75) is 17.7 Å². The molecule has 17 heavy (non-hydrogen) atoms. The molecule has 0 spiro atoms. The summed E-state index contributed by atoms with van der Waals surface area (Å²) in [6.07, 6.45) is 2.25. The maximum atomic E-state index is 11.7. The van der Waals surface area contributed by atoms with Crippen LogP contribution in [0.5, 0.6) is 0 Å². The molecular weight excluding hydrogens is 238 g/mol. The van der Waals surface area contributed by atoms with E-state index in [4.69, 9.17) is 5.73 Å². The second-order valence-corrected chi connectivity index (χ2v) is 6.01. The average Bonchev–Trinajstić information content (AvgIpc) is 2.83. The van der Waals surface area contributed by atoms with Crippen molar-refractivity contribution in [2.75, 3.05) is 30.8 Å². The molecule has 2 rings (SSSR count). The number of hydrogen-bond acceptors (Lipinski definition) is 4. The molecule has 5 nitrogen and oxygen atoms in total. The van der Waals surface area contributed by atoms with Crippen LogP contribution in [-0.2, 0) is 10.0 Å². The zero-order valence-corrected chi connectivity index (χ0v) is 10.6.